The molecule has 1 fully saturated rings. The Morgan fingerprint density at radius 1 is 1.14 bits per heavy atom. The van der Waals surface area contributed by atoms with E-state index in [-0.39, 0.29) is 34.8 Å². The Morgan fingerprint density at radius 2 is 1.84 bits per heavy atom. The molecule has 4 rings (SSSR count). The molecule has 15 nitrogen and oxygen atoms in total. The Morgan fingerprint density at radius 3 is 2.49 bits per heavy atom. The van der Waals surface area contributed by atoms with Crippen molar-refractivity contribution in [1.29, 1.82) is 0 Å². The monoisotopic (exact) mass is 620 g/mol. The molecular weight excluding hydrogens is 583 g/mol. The Hall–Kier alpha value is -3.43. The molecule has 1 unspecified atom stereocenters. The van der Waals surface area contributed by atoms with Gasteiger partial charge in [-0.3, -0.25) is 18.6 Å². The number of primary amides is 1. The van der Waals surface area contributed by atoms with Crippen LogP contribution in [0.3, 0.4) is 0 Å². The molecule has 0 spiro atoms. The zero-order valence-electron chi connectivity index (χ0n) is 24.5. The molecule has 1 aliphatic rings. The molecular formula is C27H37N6O9P. The van der Waals surface area contributed by atoms with Crippen molar-refractivity contribution in [3.05, 3.63) is 53.0 Å². The van der Waals surface area contributed by atoms with Crippen molar-refractivity contribution in [1.82, 2.24) is 19.6 Å². The summed E-state index contributed by atoms with van der Waals surface area (Å²) in [5.74, 6) is -1.19. The number of fused-ring (bicyclic) bond motifs is 1. The molecule has 16 heteroatoms. The topological polar surface area (TPSA) is 223 Å². The smallest absolute Gasteiger partial charge is 0.406 e. The summed E-state index contributed by atoms with van der Waals surface area (Å²) in [6.07, 6.45) is -4.62. The summed E-state index contributed by atoms with van der Waals surface area (Å²) in [6, 6.07) is 6.22. The van der Waals surface area contributed by atoms with E-state index in [9.17, 15) is 24.4 Å². The SMILES string of the molecule is Cc1nc(N)c2c(C(N)=O)cn([C@@H]3O[C@H](COP(=O)(N[C@@H](C)C(=O)OC(C)C)OCc4ccccc4C)[C@@H](O)[C@H]3O)c2n1. The van der Waals surface area contributed by atoms with Gasteiger partial charge in [0.2, 0.25) is 0 Å². The molecule has 234 valence electrons. The van der Waals surface area contributed by atoms with Crippen molar-refractivity contribution in [2.75, 3.05) is 12.3 Å². The lowest BCUT2D eigenvalue weighted by molar-refractivity contribution is -0.149. The van der Waals surface area contributed by atoms with Gasteiger partial charge in [0.05, 0.1) is 30.3 Å². The van der Waals surface area contributed by atoms with Gasteiger partial charge in [0.15, 0.2) is 6.23 Å². The molecule has 1 saturated heterocycles. The third kappa shape index (κ3) is 7.21. The van der Waals surface area contributed by atoms with Crippen LogP contribution in [0.1, 0.15) is 54.3 Å². The number of aliphatic hydroxyl groups is 2. The number of aliphatic hydroxyl groups excluding tert-OH is 2. The fourth-order valence-corrected chi connectivity index (χ4v) is 6.06. The van der Waals surface area contributed by atoms with Gasteiger partial charge in [0, 0.05) is 6.20 Å². The first kappa shape index (κ1) is 32.5. The Labute approximate surface area is 248 Å². The number of carbonyl (C=O) groups is 2. The summed E-state index contributed by atoms with van der Waals surface area (Å²) in [6.45, 7) is 7.62. The van der Waals surface area contributed by atoms with Crippen LogP contribution < -0.4 is 16.6 Å². The minimum absolute atomic E-state index is 0.00179. The third-order valence-electron chi connectivity index (χ3n) is 6.81. The number of nitrogens with two attached hydrogens (primary N) is 2. The maximum Gasteiger partial charge on any atom is 0.406 e. The highest BCUT2D eigenvalue weighted by Gasteiger charge is 2.46. The number of carbonyl (C=O) groups excluding carboxylic acids is 2. The van der Waals surface area contributed by atoms with Gasteiger partial charge in [-0.25, -0.2) is 19.6 Å². The van der Waals surface area contributed by atoms with Crippen molar-refractivity contribution in [3.63, 3.8) is 0 Å². The molecule has 2 aromatic heterocycles. The number of nitrogen functional groups attached to an aromatic ring is 1. The first-order chi connectivity index (χ1) is 20.2. The van der Waals surface area contributed by atoms with Crippen LogP contribution in [0.25, 0.3) is 11.0 Å². The van der Waals surface area contributed by atoms with E-state index in [1.54, 1.807) is 32.9 Å². The van der Waals surface area contributed by atoms with Gasteiger partial charge < -0.3 is 35.7 Å². The predicted octanol–water partition coefficient (Wildman–Crippen LogP) is 1.62. The summed E-state index contributed by atoms with van der Waals surface area (Å²) in [5, 5.41) is 24.5. The Bertz CT molecular complexity index is 1550. The Kier molecular flexibility index (Phi) is 9.86. The van der Waals surface area contributed by atoms with Gasteiger partial charge in [-0.15, -0.1) is 0 Å². The molecule has 0 bridgehead atoms. The molecule has 7 N–H and O–H groups in total. The minimum atomic E-state index is -4.24. The van der Waals surface area contributed by atoms with E-state index in [2.05, 4.69) is 15.1 Å². The highest BCUT2D eigenvalue weighted by Crippen LogP contribution is 2.47. The van der Waals surface area contributed by atoms with Crippen LogP contribution in [0.4, 0.5) is 5.82 Å². The second-order valence-electron chi connectivity index (χ2n) is 10.5. The third-order valence-corrected chi connectivity index (χ3v) is 8.47. The average Bonchev–Trinajstić information content (AvgIpc) is 3.44. The number of aryl methyl sites for hydroxylation is 2. The highest BCUT2D eigenvalue weighted by atomic mass is 31.2. The largest absolute Gasteiger partial charge is 0.462 e. The molecule has 0 aliphatic carbocycles. The van der Waals surface area contributed by atoms with E-state index in [0.717, 1.165) is 11.1 Å². The van der Waals surface area contributed by atoms with Gasteiger partial charge >= 0.3 is 13.7 Å². The number of hydrogen-bond acceptors (Lipinski definition) is 12. The van der Waals surface area contributed by atoms with Crippen molar-refractivity contribution in [2.24, 2.45) is 5.73 Å². The van der Waals surface area contributed by atoms with Crippen LogP contribution in [-0.4, -0.2) is 73.7 Å². The zero-order chi connectivity index (χ0) is 31.6. The van der Waals surface area contributed by atoms with E-state index < -0.39 is 62.9 Å². The van der Waals surface area contributed by atoms with Gasteiger partial charge in [-0.2, -0.15) is 0 Å². The van der Waals surface area contributed by atoms with Gasteiger partial charge in [0.1, 0.15) is 41.6 Å². The maximum absolute atomic E-state index is 13.9. The van der Waals surface area contributed by atoms with Gasteiger partial charge in [-0.05, 0) is 45.7 Å². The van der Waals surface area contributed by atoms with E-state index in [1.807, 2.05) is 19.1 Å². The zero-order valence-corrected chi connectivity index (χ0v) is 25.4. The molecule has 0 radical (unpaired) electrons. The number of nitrogens with one attached hydrogen (secondary N) is 1. The number of anilines is 1. The normalized spacial score (nSPS) is 22.5. The molecule has 1 amide bonds. The molecule has 1 aliphatic heterocycles. The molecule has 6 atom stereocenters. The second kappa shape index (κ2) is 13.1. The first-order valence-corrected chi connectivity index (χ1v) is 15.1. The molecule has 43 heavy (non-hydrogen) atoms. The van der Waals surface area contributed by atoms with Crippen LogP contribution in [0.5, 0.6) is 0 Å². The second-order valence-corrected chi connectivity index (χ2v) is 12.3. The number of esters is 1. The van der Waals surface area contributed by atoms with Crippen molar-refractivity contribution < 1.29 is 42.9 Å². The first-order valence-electron chi connectivity index (χ1n) is 13.6. The van der Waals surface area contributed by atoms with E-state index in [0.29, 0.717) is 0 Å². The van der Waals surface area contributed by atoms with Crippen LogP contribution in [0, 0.1) is 13.8 Å². The summed E-state index contributed by atoms with van der Waals surface area (Å²) >= 11 is 0. The van der Waals surface area contributed by atoms with Crippen LogP contribution >= 0.6 is 7.75 Å². The van der Waals surface area contributed by atoms with Crippen molar-refractivity contribution in [2.45, 2.75) is 77.9 Å². The molecule has 3 aromatic rings. The number of hydrogen-bond donors (Lipinski definition) is 5. The van der Waals surface area contributed by atoms with E-state index in [4.69, 9.17) is 30.0 Å². The van der Waals surface area contributed by atoms with Crippen molar-refractivity contribution >= 4 is 36.5 Å². The quantitative estimate of drug-likeness (QED) is 0.144. The number of amides is 1. The average molecular weight is 621 g/mol. The van der Waals surface area contributed by atoms with Crippen LogP contribution in [-0.2, 0) is 34.5 Å². The summed E-state index contributed by atoms with van der Waals surface area (Å²) in [5.41, 5.74) is 13.3. The lowest BCUT2D eigenvalue weighted by Crippen LogP contribution is -2.37. The van der Waals surface area contributed by atoms with Crippen LogP contribution in [0.2, 0.25) is 0 Å². The van der Waals surface area contributed by atoms with Gasteiger partial charge in [-0.1, -0.05) is 24.3 Å². The molecule has 1 aromatic carbocycles. The standard InChI is InChI=1S/C27H37N6O9P/c1-13(2)41-27(37)15(4)32-43(38,39-11-17-9-7-6-8-14(17)3)40-12-19-21(34)22(35)26(42-19)33-10-18(24(29)36)20-23(28)30-16(5)31-25(20)33/h6-10,13,15,19,21-22,26,34-35H,11-12H2,1-5H3,(H2,29,36)(H,32,38)(H2,28,30,31)/t15-,19+,21+,22+,26+,43?/m0/s1. The Balaban J connectivity index is 1.56. The predicted molar refractivity (Wildman–Crippen MR) is 154 cm³/mol. The van der Waals surface area contributed by atoms with Crippen LogP contribution in [0.15, 0.2) is 30.5 Å². The van der Waals surface area contributed by atoms with E-state index >= 15 is 0 Å². The number of benzene rings is 1. The highest BCUT2D eigenvalue weighted by molar-refractivity contribution is 7.51. The fourth-order valence-electron chi connectivity index (χ4n) is 4.60. The molecule has 3 heterocycles. The number of nitrogens with zero attached hydrogens (tertiary/aromatic N) is 3. The summed E-state index contributed by atoms with van der Waals surface area (Å²) < 4.78 is 37.7. The van der Waals surface area contributed by atoms with Gasteiger partial charge in [0.25, 0.3) is 5.91 Å². The number of aromatic nitrogens is 3. The lowest BCUT2D eigenvalue weighted by atomic mass is 10.1. The van der Waals surface area contributed by atoms with E-state index in [1.165, 1.54) is 17.7 Å². The fraction of sp³-hybridized carbons (Fsp3) is 0.481. The van der Waals surface area contributed by atoms with Crippen molar-refractivity contribution in [3.8, 4) is 0 Å². The molecule has 0 saturated carbocycles. The number of rotatable bonds is 12. The maximum atomic E-state index is 13.9. The minimum Gasteiger partial charge on any atom is -0.462 e. The summed E-state index contributed by atoms with van der Waals surface area (Å²) in [7, 11) is -4.24. The summed E-state index contributed by atoms with van der Waals surface area (Å²) in [4.78, 5) is 33.0. The number of ether oxygens (including phenoxy) is 2. The lowest BCUT2D eigenvalue weighted by Gasteiger charge is -2.25.